The van der Waals surface area contributed by atoms with E-state index in [0.717, 1.165) is 11.9 Å². The van der Waals surface area contributed by atoms with E-state index in [9.17, 15) is 18.0 Å². The molecule has 2 aromatic rings. The molecule has 0 radical (unpaired) electrons. The van der Waals surface area contributed by atoms with Crippen molar-refractivity contribution in [2.24, 2.45) is 15.9 Å². The molecule has 2 heterocycles. The van der Waals surface area contributed by atoms with Gasteiger partial charge < -0.3 is 10.6 Å². The minimum atomic E-state index is -4.44. The van der Waals surface area contributed by atoms with Crippen molar-refractivity contribution in [3.05, 3.63) is 41.7 Å². The molecule has 1 aromatic heterocycles. The number of halogens is 3. The fourth-order valence-electron chi connectivity index (χ4n) is 2.93. The highest BCUT2D eigenvalue weighted by atomic mass is 19.4. The molecule has 160 valence electrons. The first-order chi connectivity index (χ1) is 14.2. The minimum absolute atomic E-state index is 0.0686. The second-order valence-electron chi connectivity index (χ2n) is 6.62. The summed E-state index contributed by atoms with van der Waals surface area (Å²) in [5.41, 5.74) is 2.40. The van der Waals surface area contributed by atoms with Crippen molar-refractivity contribution in [3.63, 3.8) is 0 Å². The van der Waals surface area contributed by atoms with Crippen molar-refractivity contribution in [2.45, 2.75) is 26.2 Å². The van der Waals surface area contributed by atoms with Gasteiger partial charge in [0.2, 0.25) is 5.96 Å². The predicted molar refractivity (Wildman–Crippen MR) is 108 cm³/mol. The number of aryl methyl sites for hydroxylation is 1. The van der Waals surface area contributed by atoms with Gasteiger partial charge in [-0.05, 0) is 37.7 Å². The second kappa shape index (κ2) is 8.66. The zero-order valence-corrected chi connectivity index (χ0v) is 16.7. The maximum absolute atomic E-state index is 13.2. The van der Waals surface area contributed by atoms with E-state index in [1.54, 1.807) is 56.0 Å². The summed E-state index contributed by atoms with van der Waals surface area (Å²) in [7, 11) is 1.55. The van der Waals surface area contributed by atoms with Crippen LogP contribution in [0.1, 0.15) is 23.0 Å². The number of rotatable bonds is 5. The van der Waals surface area contributed by atoms with E-state index in [0.29, 0.717) is 23.5 Å². The highest BCUT2D eigenvalue weighted by Crippen LogP contribution is 2.30. The average molecular weight is 421 g/mol. The Balaban J connectivity index is 1.79. The SMILES string of the molecule is CCNC1N=C(Nc2cn(-c3ccc(C(=O)NC)cc3)nc2C)N=CC1C(F)(F)F. The number of guanidine groups is 1. The lowest BCUT2D eigenvalue weighted by atomic mass is 10.1. The van der Waals surface area contributed by atoms with Gasteiger partial charge in [-0.1, -0.05) is 6.92 Å². The number of benzene rings is 1. The van der Waals surface area contributed by atoms with Gasteiger partial charge in [0, 0.05) is 18.8 Å². The maximum Gasteiger partial charge on any atom is 0.400 e. The van der Waals surface area contributed by atoms with Gasteiger partial charge in [-0.2, -0.15) is 18.3 Å². The van der Waals surface area contributed by atoms with Crippen LogP contribution in [0, 0.1) is 12.8 Å². The fourth-order valence-corrected chi connectivity index (χ4v) is 2.93. The summed E-state index contributed by atoms with van der Waals surface area (Å²) in [6.45, 7) is 3.81. The first-order valence-corrected chi connectivity index (χ1v) is 9.30. The Kier molecular flexibility index (Phi) is 6.20. The zero-order chi connectivity index (χ0) is 21.9. The standard InChI is InChI=1S/C19H22F3N7O/c1-4-24-16-14(19(20,21)22)9-25-18(27-16)26-15-10-29(28-11(15)2)13-7-5-12(6-8-13)17(30)23-3/h5-10,14,16,24H,4H2,1-3H3,(H,23,30)(H,26,27). The van der Waals surface area contributed by atoms with Crippen LogP contribution < -0.4 is 16.0 Å². The number of amides is 1. The third kappa shape index (κ3) is 4.67. The van der Waals surface area contributed by atoms with Crippen LogP contribution >= 0.6 is 0 Å². The number of hydrogen-bond acceptors (Lipinski definition) is 6. The molecular weight excluding hydrogens is 399 g/mol. The molecule has 11 heteroatoms. The molecule has 0 fully saturated rings. The van der Waals surface area contributed by atoms with E-state index in [1.165, 1.54) is 0 Å². The van der Waals surface area contributed by atoms with E-state index in [-0.39, 0.29) is 11.9 Å². The Hall–Kier alpha value is -3.21. The van der Waals surface area contributed by atoms with Crippen molar-refractivity contribution in [3.8, 4) is 5.69 Å². The Bertz CT molecular complexity index is 963. The Morgan fingerprint density at radius 2 is 1.93 bits per heavy atom. The first kappa shape index (κ1) is 21.5. The summed E-state index contributed by atoms with van der Waals surface area (Å²) in [5.74, 6) is -1.91. The lowest BCUT2D eigenvalue weighted by molar-refractivity contribution is -0.160. The number of carbonyl (C=O) groups excluding carboxylic acids is 1. The van der Waals surface area contributed by atoms with Crippen molar-refractivity contribution in [1.29, 1.82) is 0 Å². The minimum Gasteiger partial charge on any atom is -0.355 e. The maximum atomic E-state index is 13.2. The van der Waals surface area contributed by atoms with Crippen LogP contribution in [0.2, 0.25) is 0 Å². The molecule has 8 nitrogen and oxygen atoms in total. The molecule has 3 rings (SSSR count). The van der Waals surface area contributed by atoms with Crippen LogP contribution in [-0.4, -0.2) is 53.8 Å². The summed E-state index contributed by atoms with van der Waals surface area (Å²) in [6, 6.07) is 6.83. The summed E-state index contributed by atoms with van der Waals surface area (Å²) in [4.78, 5) is 19.6. The monoisotopic (exact) mass is 421 g/mol. The Labute approximate surface area is 171 Å². The molecule has 1 aromatic carbocycles. The van der Waals surface area contributed by atoms with Crippen molar-refractivity contribution in [2.75, 3.05) is 18.9 Å². The largest absolute Gasteiger partial charge is 0.400 e. The van der Waals surface area contributed by atoms with Crippen molar-refractivity contribution >= 4 is 23.8 Å². The number of carbonyl (C=O) groups is 1. The van der Waals surface area contributed by atoms with Crippen molar-refractivity contribution in [1.82, 2.24) is 20.4 Å². The lowest BCUT2D eigenvalue weighted by Gasteiger charge is -2.26. The molecule has 0 spiro atoms. The molecule has 3 N–H and O–H groups in total. The number of anilines is 1. The molecule has 2 unspecified atom stereocenters. The molecule has 1 aliphatic heterocycles. The number of aromatic nitrogens is 2. The predicted octanol–water partition coefficient (Wildman–Crippen LogP) is 2.51. The van der Waals surface area contributed by atoms with Gasteiger partial charge in [-0.25, -0.2) is 14.7 Å². The molecule has 0 aliphatic carbocycles. The van der Waals surface area contributed by atoms with E-state index in [4.69, 9.17) is 0 Å². The van der Waals surface area contributed by atoms with Crippen LogP contribution in [0.3, 0.4) is 0 Å². The summed E-state index contributed by atoms with van der Waals surface area (Å²) in [5, 5.41) is 12.6. The number of aliphatic imine (C=N–C) groups is 2. The van der Waals surface area contributed by atoms with E-state index >= 15 is 0 Å². The molecule has 1 aliphatic rings. The van der Waals surface area contributed by atoms with Gasteiger partial charge in [0.25, 0.3) is 5.91 Å². The number of nitrogens with one attached hydrogen (secondary N) is 3. The normalized spacial score (nSPS) is 18.8. The Morgan fingerprint density at radius 3 is 2.53 bits per heavy atom. The highest BCUT2D eigenvalue weighted by Gasteiger charge is 2.45. The van der Waals surface area contributed by atoms with Gasteiger partial charge in [0.05, 0.1) is 23.3 Å². The van der Waals surface area contributed by atoms with Gasteiger partial charge in [0.1, 0.15) is 12.1 Å². The zero-order valence-electron chi connectivity index (χ0n) is 16.7. The molecule has 0 saturated heterocycles. The van der Waals surface area contributed by atoms with Gasteiger partial charge in [0.15, 0.2) is 0 Å². The van der Waals surface area contributed by atoms with Crippen LogP contribution in [0.4, 0.5) is 18.9 Å². The molecule has 1 amide bonds. The van der Waals surface area contributed by atoms with Crippen LogP contribution in [-0.2, 0) is 0 Å². The summed E-state index contributed by atoms with van der Waals surface area (Å²) < 4.78 is 41.1. The van der Waals surface area contributed by atoms with Gasteiger partial charge in [-0.3, -0.25) is 10.1 Å². The Morgan fingerprint density at radius 1 is 1.23 bits per heavy atom. The van der Waals surface area contributed by atoms with Crippen LogP contribution in [0.5, 0.6) is 0 Å². The summed E-state index contributed by atoms with van der Waals surface area (Å²) in [6.07, 6.45) is -3.05. The smallest absolute Gasteiger partial charge is 0.355 e. The third-order valence-corrected chi connectivity index (χ3v) is 4.52. The molecule has 30 heavy (non-hydrogen) atoms. The lowest BCUT2D eigenvalue weighted by Crippen LogP contribution is -2.46. The van der Waals surface area contributed by atoms with Gasteiger partial charge in [-0.15, -0.1) is 0 Å². The molecule has 0 saturated carbocycles. The number of alkyl halides is 3. The molecular formula is C19H22F3N7O. The van der Waals surface area contributed by atoms with E-state index in [2.05, 4.69) is 31.0 Å². The number of hydrogen-bond donors (Lipinski definition) is 3. The van der Waals surface area contributed by atoms with Crippen LogP contribution in [0.15, 0.2) is 40.4 Å². The topological polar surface area (TPSA) is 95.7 Å². The average Bonchev–Trinajstić information content (AvgIpc) is 3.07. The third-order valence-electron chi connectivity index (χ3n) is 4.52. The van der Waals surface area contributed by atoms with Crippen molar-refractivity contribution < 1.29 is 18.0 Å². The quantitative estimate of drug-likeness (QED) is 0.691. The van der Waals surface area contributed by atoms with E-state index < -0.39 is 18.3 Å². The summed E-state index contributed by atoms with van der Waals surface area (Å²) >= 11 is 0. The molecule has 2 atom stereocenters. The first-order valence-electron chi connectivity index (χ1n) is 9.30. The van der Waals surface area contributed by atoms with Gasteiger partial charge >= 0.3 is 6.18 Å². The van der Waals surface area contributed by atoms with Crippen LogP contribution in [0.25, 0.3) is 5.69 Å². The highest BCUT2D eigenvalue weighted by molar-refractivity contribution is 6.00. The molecule has 0 bridgehead atoms. The number of nitrogens with zero attached hydrogens (tertiary/aromatic N) is 4. The fraction of sp³-hybridized carbons (Fsp3) is 0.368. The van der Waals surface area contributed by atoms with E-state index in [1.807, 2.05) is 0 Å². The second-order valence-corrected chi connectivity index (χ2v) is 6.62.